The average Bonchev–Trinajstić information content (AvgIpc) is 3.19. The first-order chi connectivity index (χ1) is 16.2. The van der Waals surface area contributed by atoms with Crippen molar-refractivity contribution in [3.63, 3.8) is 0 Å². The standard InChI is InChI=1S/C27H41NO6S/c1-15-9-8-10-16(2)24(32)18(4)26(33)27(6,7)22(30)13-23(31)34-25(21(29)11-15)17(3)12-20-14-35-19(5)28-20/h11-12,14,16,18,21-22,24-25,29-30,32H,8-10,13H2,1-7H3/b15-11-,17-12+/t16-,18+,21?,22-,24-,25+/m0/s1. The lowest BCUT2D eigenvalue weighted by atomic mass is 9.73. The second-order valence-electron chi connectivity index (χ2n) is 10.5. The highest BCUT2D eigenvalue weighted by Gasteiger charge is 2.42. The number of aliphatic hydroxyl groups is 3. The first-order valence-corrected chi connectivity index (χ1v) is 13.2. The Morgan fingerprint density at radius 3 is 2.46 bits per heavy atom. The molecular formula is C27H41NO6S. The molecule has 1 aromatic rings. The van der Waals surface area contributed by atoms with Crippen LogP contribution in [0.1, 0.15) is 77.9 Å². The molecule has 0 amide bonds. The van der Waals surface area contributed by atoms with Gasteiger partial charge in [0.15, 0.2) is 6.10 Å². The molecule has 8 heteroatoms. The number of carbonyl (C=O) groups is 2. The van der Waals surface area contributed by atoms with Crippen LogP contribution in [0.25, 0.3) is 6.08 Å². The number of nitrogens with zero attached hydrogens (tertiary/aromatic N) is 1. The number of hydrogen-bond donors (Lipinski definition) is 3. The third-order valence-corrected chi connectivity index (χ3v) is 7.84. The summed E-state index contributed by atoms with van der Waals surface area (Å²) in [5.41, 5.74) is 1.02. The zero-order chi connectivity index (χ0) is 26.5. The van der Waals surface area contributed by atoms with Crippen molar-refractivity contribution in [2.75, 3.05) is 0 Å². The zero-order valence-electron chi connectivity index (χ0n) is 21.9. The van der Waals surface area contributed by atoms with Crippen LogP contribution in [-0.4, -0.2) is 56.5 Å². The molecule has 0 saturated carbocycles. The Bertz CT molecular complexity index is 949. The molecule has 35 heavy (non-hydrogen) atoms. The van der Waals surface area contributed by atoms with Gasteiger partial charge in [-0.05, 0) is 57.6 Å². The lowest BCUT2D eigenvalue weighted by Gasteiger charge is -2.34. The maximum atomic E-state index is 13.2. The molecule has 3 N–H and O–H groups in total. The molecule has 0 aliphatic carbocycles. The van der Waals surface area contributed by atoms with Gasteiger partial charge >= 0.3 is 5.97 Å². The van der Waals surface area contributed by atoms with E-state index in [1.807, 2.05) is 26.2 Å². The van der Waals surface area contributed by atoms with E-state index < -0.39 is 48.1 Å². The van der Waals surface area contributed by atoms with Crippen LogP contribution in [0.15, 0.2) is 22.6 Å². The number of esters is 1. The molecule has 0 spiro atoms. The van der Waals surface area contributed by atoms with Gasteiger partial charge in [0.05, 0.1) is 34.7 Å². The van der Waals surface area contributed by atoms with Crippen molar-refractivity contribution in [1.82, 2.24) is 4.98 Å². The number of cyclic esters (lactones) is 1. The fourth-order valence-electron chi connectivity index (χ4n) is 4.53. The number of thiazole rings is 1. The summed E-state index contributed by atoms with van der Waals surface area (Å²) in [6.07, 6.45) is 1.05. The molecule has 1 unspecified atom stereocenters. The van der Waals surface area contributed by atoms with Crippen molar-refractivity contribution < 1.29 is 29.6 Å². The van der Waals surface area contributed by atoms with Crippen LogP contribution in [0.2, 0.25) is 0 Å². The first kappa shape index (κ1) is 29.4. The van der Waals surface area contributed by atoms with E-state index in [0.717, 1.165) is 22.7 Å². The molecule has 1 aromatic heterocycles. The van der Waals surface area contributed by atoms with Gasteiger partial charge in [0.25, 0.3) is 0 Å². The monoisotopic (exact) mass is 507 g/mol. The third-order valence-electron chi connectivity index (χ3n) is 7.05. The molecular weight excluding hydrogens is 466 g/mol. The summed E-state index contributed by atoms with van der Waals surface area (Å²) in [6, 6.07) is 0. The molecule has 7 nitrogen and oxygen atoms in total. The van der Waals surface area contributed by atoms with E-state index in [1.165, 1.54) is 11.3 Å². The van der Waals surface area contributed by atoms with Crippen molar-refractivity contribution in [2.24, 2.45) is 17.3 Å². The Morgan fingerprint density at radius 1 is 1.20 bits per heavy atom. The van der Waals surface area contributed by atoms with Crippen LogP contribution in [0.3, 0.4) is 0 Å². The maximum absolute atomic E-state index is 13.2. The second-order valence-corrected chi connectivity index (χ2v) is 11.6. The summed E-state index contributed by atoms with van der Waals surface area (Å²) in [6.45, 7) is 12.3. The van der Waals surface area contributed by atoms with Crippen LogP contribution >= 0.6 is 11.3 Å². The molecule has 0 aromatic carbocycles. The fourth-order valence-corrected chi connectivity index (χ4v) is 5.10. The molecule has 6 atom stereocenters. The second kappa shape index (κ2) is 12.4. The van der Waals surface area contributed by atoms with Crippen molar-refractivity contribution >= 4 is 29.2 Å². The molecule has 196 valence electrons. The van der Waals surface area contributed by atoms with Gasteiger partial charge in [-0.3, -0.25) is 9.59 Å². The minimum absolute atomic E-state index is 0.114. The largest absolute Gasteiger partial charge is 0.455 e. The summed E-state index contributed by atoms with van der Waals surface area (Å²) in [5, 5.41) is 35.4. The lowest BCUT2D eigenvalue weighted by Crippen LogP contribution is -2.46. The number of ketones is 1. The predicted molar refractivity (Wildman–Crippen MR) is 138 cm³/mol. The summed E-state index contributed by atoms with van der Waals surface area (Å²) < 4.78 is 5.67. The van der Waals surface area contributed by atoms with Crippen LogP contribution < -0.4 is 0 Å². The number of Topliss-reactive ketones (excluding diaryl/α,β-unsaturated/α-hetero) is 1. The zero-order valence-corrected chi connectivity index (χ0v) is 22.8. The van der Waals surface area contributed by atoms with E-state index in [-0.39, 0.29) is 11.7 Å². The summed E-state index contributed by atoms with van der Waals surface area (Å²) >= 11 is 1.50. The molecule has 1 aliphatic heterocycles. The van der Waals surface area contributed by atoms with E-state index in [4.69, 9.17) is 4.74 Å². The lowest BCUT2D eigenvalue weighted by molar-refractivity contribution is -0.157. The summed E-state index contributed by atoms with van der Waals surface area (Å²) in [7, 11) is 0. The normalized spacial score (nSPS) is 33.7. The number of aryl methyl sites for hydroxylation is 1. The van der Waals surface area contributed by atoms with Crippen molar-refractivity contribution in [3.8, 4) is 0 Å². The van der Waals surface area contributed by atoms with Crippen molar-refractivity contribution in [2.45, 2.75) is 98.6 Å². The Hall–Kier alpha value is -1.87. The summed E-state index contributed by atoms with van der Waals surface area (Å²) in [4.78, 5) is 30.5. The van der Waals surface area contributed by atoms with E-state index in [1.54, 1.807) is 39.8 Å². The number of carbonyl (C=O) groups excluding carboxylic acids is 2. The van der Waals surface area contributed by atoms with E-state index in [0.29, 0.717) is 18.4 Å². The molecule has 2 heterocycles. The number of aliphatic hydroxyl groups excluding tert-OH is 3. The van der Waals surface area contributed by atoms with Gasteiger partial charge in [-0.15, -0.1) is 11.3 Å². The van der Waals surface area contributed by atoms with E-state index in [9.17, 15) is 24.9 Å². The average molecular weight is 508 g/mol. The van der Waals surface area contributed by atoms with Crippen molar-refractivity contribution in [1.29, 1.82) is 0 Å². The van der Waals surface area contributed by atoms with Gasteiger partial charge in [-0.2, -0.15) is 0 Å². The van der Waals surface area contributed by atoms with Gasteiger partial charge < -0.3 is 20.1 Å². The highest BCUT2D eigenvalue weighted by molar-refractivity contribution is 7.09. The molecule has 0 bridgehead atoms. The number of ether oxygens (including phenoxy) is 1. The van der Waals surface area contributed by atoms with Gasteiger partial charge in [0, 0.05) is 11.3 Å². The minimum atomic E-state index is -1.30. The highest BCUT2D eigenvalue weighted by Crippen LogP contribution is 2.32. The number of rotatable bonds is 2. The quantitative estimate of drug-likeness (QED) is 0.405. The highest BCUT2D eigenvalue weighted by atomic mass is 32.1. The van der Waals surface area contributed by atoms with Gasteiger partial charge in [-0.1, -0.05) is 39.3 Å². The van der Waals surface area contributed by atoms with E-state index in [2.05, 4.69) is 4.98 Å². The first-order valence-electron chi connectivity index (χ1n) is 12.3. The Kier molecular flexibility index (Phi) is 10.4. The Morgan fingerprint density at radius 2 is 1.86 bits per heavy atom. The predicted octanol–water partition coefficient (Wildman–Crippen LogP) is 4.24. The van der Waals surface area contributed by atoms with Gasteiger partial charge in [0.1, 0.15) is 11.9 Å². The molecule has 1 aliphatic rings. The number of allylic oxidation sites excluding steroid dienone is 1. The molecule has 0 radical (unpaired) electrons. The van der Waals surface area contributed by atoms with Crippen molar-refractivity contribution in [3.05, 3.63) is 33.3 Å². The third kappa shape index (κ3) is 7.81. The van der Waals surface area contributed by atoms with E-state index >= 15 is 0 Å². The topological polar surface area (TPSA) is 117 Å². The molecule has 0 saturated heterocycles. The number of aromatic nitrogens is 1. The Labute approximate surface area is 212 Å². The van der Waals surface area contributed by atoms with Gasteiger partial charge in [0.2, 0.25) is 0 Å². The maximum Gasteiger partial charge on any atom is 0.309 e. The number of hydrogen-bond acceptors (Lipinski definition) is 8. The SMILES string of the molecule is C/C1=C/C(O)[C@@H](/C(C)=C/c2csc(C)n2)OC(=O)C[C@H](O)C(C)(C)C(=O)[C@H](C)[C@@H](O)[C@@H](C)CCC1. The fraction of sp³-hybridized carbons (Fsp3) is 0.667. The van der Waals surface area contributed by atoms with Gasteiger partial charge in [-0.25, -0.2) is 4.98 Å². The Balaban J connectivity index is 2.40. The van der Waals surface area contributed by atoms with Crippen LogP contribution in [0.4, 0.5) is 0 Å². The molecule has 0 fully saturated rings. The molecule has 2 rings (SSSR count). The summed E-state index contributed by atoms with van der Waals surface area (Å²) in [5.74, 6) is -1.82. The smallest absolute Gasteiger partial charge is 0.309 e. The van der Waals surface area contributed by atoms with Crippen LogP contribution in [0.5, 0.6) is 0 Å². The van der Waals surface area contributed by atoms with Crippen LogP contribution in [-0.2, 0) is 14.3 Å². The minimum Gasteiger partial charge on any atom is -0.455 e. The van der Waals surface area contributed by atoms with Crippen LogP contribution in [0, 0.1) is 24.2 Å².